The van der Waals surface area contributed by atoms with Crippen LogP contribution in [0.5, 0.6) is 5.88 Å². The fourth-order valence-electron chi connectivity index (χ4n) is 3.61. The highest BCUT2D eigenvalue weighted by Gasteiger charge is 2.34. The zero-order valence-corrected chi connectivity index (χ0v) is 17.0. The number of aryl methyl sites for hydroxylation is 1. The molecule has 0 radical (unpaired) electrons. The third-order valence-electron chi connectivity index (χ3n) is 5.24. The summed E-state index contributed by atoms with van der Waals surface area (Å²) in [5.74, 6) is 0.562. The fourth-order valence-corrected chi connectivity index (χ4v) is 4.75. The topological polar surface area (TPSA) is 56.9 Å². The van der Waals surface area contributed by atoms with Gasteiger partial charge in [-0.25, -0.2) is 4.98 Å². The van der Waals surface area contributed by atoms with Gasteiger partial charge in [-0.15, -0.1) is 5.10 Å². The molecule has 2 aromatic heterocycles. The van der Waals surface area contributed by atoms with Gasteiger partial charge >= 0.3 is 6.18 Å². The Bertz CT molecular complexity index is 1010. The van der Waals surface area contributed by atoms with Gasteiger partial charge in [0, 0.05) is 32.6 Å². The lowest BCUT2D eigenvalue weighted by Gasteiger charge is -2.37. The van der Waals surface area contributed by atoms with Crippen molar-refractivity contribution in [3.8, 4) is 5.88 Å². The average molecular weight is 425 g/mol. The third kappa shape index (κ3) is 3.84. The number of fused-ring (bicyclic) bond motifs is 1. The number of aromatic nitrogens is 3. The Kier molecular flexibility index (Phi) is 5.26. The first kappa shape index (κ1) is 20.1. The van der Waals surface area contributed by atoms with Gasteiger partial charge in [0.2, 0.25) is 10.8 Å². The van der Waals surface area contributed by atoms with E-state index in [0.717, 1.165) is 19.2 Å². The van der Waals surface area contributed by atoms with E-state index in [-0.39, 0.29) is 5.88 Å². The summed E-state index contributed by atoms with van der Waals surface area (Å²) in [7, 11) is 2.02. The summed E-state index contributed by atoms with van der Waals surface area (Å²) in [5, 5.41) is 15.2. The molecular formula is C19H22F3N5OS. The van der Waals surface area contributed by atoms with Crippen molar-refractivity contribution in [2.45, 2.75) is 25.6 Å². The summed E-state index contributed by atoms with van der Waals surface area (Å²) in [4.78, 5) is 9.80. The number of hydrogen-bond acceptors (Lipinski definition) is 6. The highest BCUT2D eigenvalue weighted by atomic mass is 32.1. The second kappa shape index (κ2) is 7.58. The minimum Gasteiger partial charge on any atom is -0.492 e. The van der Waals surface area contributed by atoms with E-state index in [2.05, 4.69) is 19.9 Å². The molecule has 1 aliphatic heterocycles. The predicted octanol–water partition coefficient (Wildman–Crippen LogP) is 3.41. The Morgan fingerprint density at radius 3 is 2.55 bits per heavy atom. The molecule has 10 heteroatoms. The number of rotatable bonds is 4. The molecule has 1 saturated heterocycles. The Labute approximate surface area is 170 Å². The summed E-state index contributed by atoms with van der Waals surface area (Å²) in [6.07, 6.45) is -3.79. The van der Waals surface area contributed by atoms with Gasteiger partial charge in [0.05, 0.1) is 16.5 Å². The van der Waals surface area contributed by atoms with Crippen molar-refractivity contribution in [2.75, 3.05) is 33.2 Å². The van der Waals surface area contributed by atoms with E-state index in [1.54, 1.807) is 6.07 Å². The van der Waals surface area contributed by atoms with E-state index in [9.17, 15) is 18.3 Å². The van der Waals surface area contributed by atoms with E-state index in [1.807, 2.05) is 14.0 Å². The van der Waals surface area contributed by atoms with Crippen molar-refractivity contribution in [2.24, 2.45) is 0 Å². The van der Waals surface area contributed by atoms with E-state index in [4.69, 9.17) is 0 Å². The van der Waals surface area contributed by atoms with Crippen LogP contribution in [0.15, 0.2) is 24.3 Å². The molecule has 0 aliphatic carbocycles. The van der Waals surface area contributed by atoms with Gasteiger partial charge in [0.15, 0.2) is 5.82 Å². The highest BCUT2D eigenvalue weighted by Crippen LogP contribution is 2.41. The number of thiazole rings is 1. The van der Waals surface area contributed by atoms with E-state index >= 15 is 0 Å². The Balaban J connectivity index is 1.81. The number of piperazine rings is 1. The maximum Gasteiger partial charge on any atom is 0.416 e. The molecule has 1 unspecified atom stereocenters. The zero-order chi connectivity index (χ0) is 20.8. The van der Waals surface area contributed by atoms with Crippen LogP contribution in [0.4, 0.5) is 13.2 Å². The van der Waals surface area contributed by atoms with Crippen LogP contribution in [0.3, 0.4) is 0 Å². The molecule has 1 aliphatic rings. The summed E-state index contributed by atoms with van der Waals surface area (Å²) >= 11 is 1.27. The van der Waals surface area contributed by atoms with Crippen LogP contribution in [0.25, 0.3) is 4.96 Å². The molecule has 156 valence electrons. The lowest BCUT2D eigenvalue weighted by Crippen LogP contribution is -2.46. The van der Waals surface area contributed by atoms with E-state index in [0.29, 0.717) is 40.7 Å². The van der Waals surface area contributed by atoms with Crippen LogP contribution < -0.4 is 0 Å². The molecule has 0 bridgehead atoms. The number of benzene rings is 1. The second-order valence-corrected chi connectivity index (χ2v) is 8.24. The Morgan fingerprint density at radius 1 is 1.21 bits per heavy atom. The lowest BCUT2D eigenvalue weighted by molar-refractivity contribution is -0.137. The van der Waals surface area contributed by atoms with Gasteiger partial charge < -0.3 is 10.0 Å². The molecule has 29 heavy (non-hydrogen) atoms. The number of alkyl halides is 3. The third-order valence-corrected chi connectivity index (χ3v) is 6.31. The van der Waals surface area contributed by atoms with Crippen LogP contribution >= 0.6 is 11.3 Å². The largest absolute Gasteiger partial charge is 0.492 e. The van der Waals surface area contributed by atoms with Crippen LogP contribution in [0.1, 0.15) is 34.8 Å². The lowest BCUT2D eigenvalue weighted by atomic mass is 10.00. The number of aromatic hydroxyl groups is 1. The summed E-state index contributed by atoms with van der Waals surface area (Å²) in [5.41, 5.74) is -0.193. The van der Waals surface area contributed by atoms with Crippen molar-refractivity contribution in [3.05, 3.63) is 46.1 Å². The van der Waals surface area contributed by atoms with Gasteiger partial charge in [-0.1, -0.05) is 30.4 Å². The van der Waals surface area contributed by atoms with Gasteiger partial charge in [-0.3, -0.25) is 4.90 Å². The van der Waals surface area contributed by atoms with Crippen LogP contribution in [0.2, 0.25) is 0 Å². The van der Waals surface area contributed by atoms with Gasteiger partial charge in [-0.05, 0) is 24.7 Å². The first-order valence-corrected chi connectivity index (χ1v) is 10.3. The summed E-state index contributed by atoms with van der Waals surface area (Å²) in [6.45, 7) is 4.90. The number of nitrogens with zero attached hydrogens (tertiary/aromatic N) is 5. The number of hydrogen-bond donors (Lipinski definition) is 1. The molecule has 0 amide bonds. The molecule has 1 N–H and O–H groups in total. The predicted molar refractivity (Wildman–Crippen MR) is 104 cm³/mol. The number of likely N-dealkylation sites (N-methyl/N-ethyl adjacent to an activating group) is 1. The quantitative estimate of drug-likeness (QED) is 0.694. The standard InChI is InChI=1S/C19H22F3N5OS/c1-3-14-23-18-27(24-14)17(28)16(29-18)15(26-9-7-25(2)8-10-26)12-5-4-6-13(11-12)19(20,21)22/h4-6,11,15,28H,3,7-10H2,1-2H3. The van der Waals surface area contributed by atoms with Crippen LogP contribution in [0, 0.1) is 0 Å². The van der Waals surface area contributed by atoms with E-state index in [1.165, 1.54) is 28.0 Å². The number of halogens is 3. The summed E-state index contributed by atoms with van der Waals surface area (Å²) in [6, 6.07) is 4.86. The maximum atomic E-state index is 13.3. The van der Waals surface area contributed by atoms with Crippen LogP contribution in [-0.2, 0) is 12.6 Å². The molecular weight excluding hydrogens is 403 g/mol. The van der Waals surface area contributed by atoms with Gasteiger partial charge in [0.1, 0.15) is 0 Å². The van der Waals surface area contributed by atoms with Crippen LogP contribution in [-0.4, -0.2) is 62.7 Å². The van der Waals surface area contributed by atoms with E-state index < -0.39 is 17.8 Å². The first-order valence-electron chi connectivity index (χ1n) is 9.45. The molecule has 4 rings (SSSR count). The monoisotopic (exact) mass is 425 g/mol. The summed E-state index contributed by atoms with van der Waals surface area (Å²) < 4.78 is 41.3. The molecule has 1 aromatic carbocycles. The molecule has 3 heterocycles. The smallest absolute Gasteiger partial charge is 0.416 e. The molecule has 1 fully saturated rings. The maximum absolute atomic E-state index is 13.3. The SMILES string of the molecule is CCc1nc2sc(C(c3cccc(C(F)(F)F)c3)N3CCN(C)CC3)c(O)n2n1. The minimum absolute atomic E-state index is 0.0569. The molecule has 0 spiro atoms. The Hall–Kier alpha value is -2.17. The molecule has 1 atom stereocenters. The van der Waals surface area contributed by atoms with Crippen molar-refractivity contribution >= 4 is 16.3 Å². The first-order chi connectivity index (χ1) is 13.8. The van der Waals surface area contributed by atoms with Crippen molar-refractivity contribution in [1.82, 2.24) is 24.4 Å². The van der Waals surface area contributed by atoms with Gasteiger partial charge in [0.25, 0.3) is 0 Å². The van der Waals surface area contributed by atoms with Crippen molar-refractivity contribution in [3.63, 3.8) is 0 Å². The van der Waals surface area contributed by atoms with Gasteiger partial charge in [-0.2, -0.15) is 17.7 Å². The minimum atomic E-state index is -4.42. The van der Waals surface area contributed by atoms with Crippen molar-refractivity contribution in [1.29, 1.82) is 0 Å². The van der Waals surface area contributed by atoms with Crippen molar-refractivity contribution < 1.29 is 18.3 Å². The molecule has 0 saturated carbocycles. The normalized spacial score (nSPS) is 17.8. The zero-order valence-electron chi connectivity index (χ0n) is 16.1. The second-order valence-electron chi connectivity index (χ2n) is 7.23. The average Bonchev–Trinajstić information content (AvgIpc) is 3.23. The Morgan fingerprint density at radius 2 is 1.93 bits per heavy atom. The molecule has 3 aromatic rings. The molecule has 6 nitrogen and oxygen atoms in total. The fraction of sp³-hybridized carbons (Fsp3) is 0.474. The highest BCUT2D eigenvalue weighted by molar-refractivity contribution is 7.17.